The van der Waals surface area contributed by atoms with Crippen molar-refractivity contribution in [2.45, 2.75) is 19.9 Å². The fourth-order valence-electron chi connectivity index (χ4n) is 1.59. The predicted molar refractivity (Wildman–Crippen MR) is 71.8 cm³/mol. The van der Waals surface area contributed by atoms with E-state index in [-0.39, 0.29) is 5.82 Å². The van der Waals surface area contributed by atoms with Gasteiger partial charge in [-0.1, -0.05) is 6.92 Å². The fraction of sp³-hybridized carbons (Fsp3) is 0.308. The summed E-state index contributed by atoms with van der Waals surface area (Å²) < 4.78 is 18.2. The van der Waals surface area contributed by atoms with E-state index >= 15 is 0 Å². The smallest absolute Gasteiger partial charge is 0.144 e. The number of nitrogens with zero attached hydrogens (tertiary/aromatic N) is 1. The molecule has 0 aliphatic rings. The molecular formula is C13H15FN2OS. The molecule has 0 saturated carbocycles. The van der Waals surface area contributed by atoms with E-state index in [1.807, 2.05) is 6.20 Å². The highest BCUT2D eigenvalue weighted by atomic mass is 32.1. The van der Waals surface area contributed by atoms with Crippen molar-refractivity contribution >= 4 is 17.0 Å². The highest BCUT2D eigenvalue weighted by Gasteiger charge is 2.05. The lowest BCUT2D eigenvalue weighted by Gasteiger charge is -2.09. The summed E-state index contributed by atoms with van der Waals surface area (Å²) in [5.41, 5.74) is 0.783. The largest absolute Gasteiger partial charge is 0.494 e. The number of thiazole rings is 1. The first-order chi connectivity index (χ1) is 8.72. The van der Waals surface area contributed by atoms with Crippen LogP contribution in [0.15, 0.2) is 24.4 Å². The third kappa shape index (κ3) is 2.98. The third-order valence-corrected chi connectivity index (χ3v) is 3.66. The van der Waals surface area contributed by atoms with Crippen LogP contribution in [0.4, 0.5) is 10.1 Å². The van der Waals surface area contributed by atoms with Crippen LogP contribution in [0.25, 0.3) is 0 Å². The van der Waals surface area contributed by atoms with E-state index < -0.39 is 0 Å². The Hall–Kier alpha value is -1.62. The van der Waals surface area contributed by atoms with Crippen LogP contribution < -0.4 is 10.1 Å². The standard InChI is InChI=1S/C13H15FN2OS/c1-3-13-16-8-10(18-13)7-15-11-5-4-9(14)6-12(11)17-2/h4-6,8,15H,3,7H2,1-2H3. The van der Waals surface area contributed by atoms with E-state index in [1.54, 1.807) is 17.4 Å². The number of nitrogens with one attached hydrogen (secondary N) is 1. The maximum absolute atomic E-state index is 13.0. The number of benzene rings is 1. The Bertz CT molecular complexity index is 527. The van der Waals surface area contributed by atoms with E-state index in [9.17, 15) is 4.39 Å². The van der Waals surface area contributed by atoms with E-state index in [1.165, 1.54) is 19.2 Å². The highest BCUT2D eigenvalue weighted by Crippen LogP contribution is 2.26. The Balaban J connectivity index is 2.05. The molecule has 0 bridgehead atoms. The summed E-state index contributed by atoms with van der Waals surface area (Å²) in [5, 5.41) is 4.35. The Morgan fingerprint density at radius 2 is 2.28 bits per heavy atom. The molecule has 18 heavy (non-hydrogen) atoms. The van der Waals surface area contributed by atoms with Crippen molar-refractivity contribution < 1.29 is 9.13 Å². The van der Waals surface area contributed by atoms with Crippen molar-refractivity contribution in [2.24, 2.45) is 0 Å². The molecule has 1 aromatic carbocycles. The van der Waals surface area contributed by atoms with Crippen molar-refractivity contribution in [1.82, 2.24) is 4.98 Å². The Labute approximate surface area is 110 Å². The molecular weight excluding hydrogens is 251 g/mol. The third-order valence-electron chi connectivity index (χ3n) is 2.52. The molecule has 0 amide bonds. The molecule has 0 aliphatic heterocycles. The molecule has 0 atom stereocenters. The van der Waals surface area contributed by atoms with E-state index in [0.29, 0.717) is 12.3 Å². The van der Waals surface area contributed by atoms with Crippen molar-refractivity contribution in [3.8, 4) is 5.75 Å². The van der Waals surface area contributed by atoms with E-state index in [0.717, 1.165) is 22.0 Å². The summed E-state index contributed by atoms with van der Waals surface area (Å²) in [6, 6.07) is 4.46. The summed E-state index contributed by atoms with van der Waals surface area (Å²) in [4.78, 5) is 5.44. The predicted octanol–water partition coefficient (Wildman–Crippen LogP) is 3.47. The molecule has 96 valence electrons. The zero-order chi connectivity index (χ0) is 13.0. The van der Waals surface area contributed by atoms with Gasteiger partial charge in [-0.15, -0.1) is 11.3 Å². The van der Waals surface area contributed by atoms with Gasteiger partial charge in [0.1, 0.15) is 11.6 Å². The molecule has 0 aliphatic carbocycles. The number of hydrogen-bond donors (Lipinski definition) is 1. The first kappa shape index (κ1) is 12.8. The van der Waals surface area contributed by atoms with Gasteiger partial charge in [-0.2, -0.15) is 0 Å². The van der Waals surface area contributed by atoms with Gasteiger partial charge >= 0.3 is 0 Å². The van der Waals surface area contributed by atoms with Crippen LogP contribution in [0.2, 0.25) is 0 Å². The number of aromatic nitrogens is 1. The SMILES string of the molecule is CCc1ncc(CNc2ccc(F)cc2OC)s1. The van der Waals surface area contributed by atoms with Crippen LogP contribution in [0.3, 0.4) is 0 Å². The average Bonchev–Trinajstić information content (AvgIpc) is 2.85. The molecule has 1 heterocycles. The summed E-state index contributed by atoms with van der Waals surface area (Å²) in [6.07, 6.45) is 2.82. The van der Waals surface area contributed by atoms with E-state index in [2.05, 4.69) is 17.2 Å². The second-order valence-electron chi connectivity index (χ2n) is 3.77. The zero-order valence-electron chi connectivity index (χ0n) is 10.4. The quantitative estimate of drug-likeness (QED) is 0.899. The van der Waals surface area contributed by atoms with Gasteiger partial charge in [0.25, 0.3) is 0 Å². The minimum Gasteiger partial charge on any atom is -0.494 e. The van der Waals surface area contributed by atoms with Crippen LogP contribution in [-0.2, 0) is 13.0 Å². The maximum atomic E-state index is 13.0. The Morgan fingerprint density at radius 1 is 1.44 bits per heavy atom. The van der Waals surface area contributed by atoms with Crippen molar-refractivity contribution in [3.63, 3.8) is 0 Å². The number of hydrogen-bond acceptors (Lipinski definition) is 4. The Kier molecular flexibility index (Phi) is 4.15. The number of ether oxygens (including phenoxy) is 1. The van der Waals surface area contributed by atoms with Crippen LogP contribution in [0.5, 0.6) is 5.75 Å². The number of anilines is 1. The Morgan fingerprint density at radius 3 is 2.94 bits per heavy atom. The van der Waals surface area contributed by atoms with Crippen molar-refractivity contribution in [2.75, 3.05) is 12.4 Å². The van der Waals surface area contributed by atoms with Gasteiger partial charge in [-0.05, 0) is 18.6 Å². The minimum absolute atomic E-state index is 0.302. The minimum atomic E-state index is -0.302. The highest BCUT2D eigenvalue weighted by molar-refractivity contribution is 7.11. The topological polar surface area (TPSA) is 34.2 Å². The van der Waals surface area contributed by atoms with Gasteiger partial charge in [-0.3, -0.25) is 0 Å². The normalized spacial score (nSPS) is 10.4. The van der Waals surface area contributed by atoms with Crippen LogP contribution in [-0.4, -0.2) is 12.1 Å². The molecule has 0 saturated heterocycles. The van der Waals surface area contributed by atoms with Crippen molar-refractivity contribution in [3.05, 3.63) is 40.1 Å². The number of methoxy groups -OCH3 is 1. The molecule has 2 aromatic rings. The zero-order valence-corrected chi connectivity index (χ0v) is 11.2. The van der Waals surface area contributed by atoms with Gasteiger partial charge in [-0.25, -0.2) is 9.37 Å². The van der Waals surface area contributed by atoms with Gasteiger partial charge in [0, 0.05) is 17.1 Å². The monoisotopic (exact) mass is 266 g/mol. The van der Waals surface area contributed by atoms with E-state index in [4.69, 9.17) is 4.74 Å². The molecule has 5 heteroatoms. The lowest BCUT2D eigenvalue weighted by molar-refractivity contribution is 0.413. The first-order valence-electron chi connectivity index (χ1n) is 5.74. The summed E-state index contributed by atoms with van der Waals surface area (Å²) in [5.74, 6) is 0.207. The van der Waals surface area contributed by atoms with Crippen molar-refractivity contribution in [1.29, 1.82) is 0 Å². The van der Waals surface area contributed by atoms with Crippen LogP contribution in [0, 0.1) is 5.82 Å². The molecule has 0 fully saturated rings. The van der Waals surface area contributed by atoms with Gasteiger partial charge in [0.15, 0.2) is 0 Å². The number of aryl methyl sites for hydroxylation is 1. The average molecular weight is 266 g/mol. The van der Waals surface area contributed by atoms with Gasteiger partial charge in [0.05, 0.1) is 24.3 Å². The van der Waals surface area contributed by atoms with Gasteiger partial charge < -0.3 is 10.1 Å². The molecule has 0 unspecified atom stereocenters. The second kappa shape index (κ2) is 5.82. The lowest BCUT2D eigenvalue weighted by Crippen LogP contribution is -2.00. The molecule has 0 radical (unpaired) electrons. The molecule has 0 spiro atoms. The van der Waals surface area contributed by atoms with Crippen LogP contribution in [0.1, 0.15) is 16.8 Å². The van der Waals surface area contributed by atoms with Crippen LogP contribution >= 0.6 is 11.3 Å². The number of halogens is 1. The lowest BCUT2D eigenvalue weighted by atomic mass is 10.3. The summed E-state index contributed by atoms with van der Waals surface area (Å²) in [6.45, 7) is 2.75. The maximum Gasteiger partial charge on any atom is 0.144 e. The molecule has 1 N–H and O–H groups in total. The number of rotatable bonds is 5. The second-order valence-corrected chi connectivity index (χ2v) is 4.97. The summed E-state index contributed by atoms with van der Waals surface area (Å²) in [7, 11) is 1.53. The molecule has 1 aromatic heterocycles. The molecule has 3 nitrogen and oxygen atoms in total. The fourth-order valence-corrected chi connectivity index (χ4v) is 2.39. The summed E-state index contributed by atoms with van der Waals surface area (Å²) >= 11 is 1.68. The first-order valence-corrected chi connectivity index (χ1v) is 6.55. The molecule has 2 rings (SSSR count). The van der Waals surface area contributed by atoms with Gasteiger partial charge in [0.2, 0.25) is 0 Å².